The summed E-state index contributed by atoms with van der Waals surface area (Å²) < 4.78 is 11.7. The Morgan fingerprint density at radius 1 is 0.710 bits per heavy atom. The normalized spacial score (nSPS) is 13.3. The molecule has 1 heterocycles. The first kappa shape index (κ1) is 23.6. The van der Waals surface area contributed by atoms with E-state index in [-0.39, 0.29) is 0 Å². The molecular formula is C27H40N2O2. The van der Waals surface area contributed by atoms with Gasteiger partial charge in [-0.05, 0) is 43.0 Å². The van der Waals surface area contributed by atoms with E-state index < -0.39 is 0 Å². The van der Waals surface area contributed by atoms with Gasteiger partial charge in [0.2, 0.25) is 0 Å². The van der Waals surface area contributed by atoms with Crippen molar-refractivity contribution in [3.63, 3.8) is 0 Å². The van der Waals surface area contributed by atoms with Crippen LogP contribution in [0.4, 0.5) is 0 Å². The molecule has 1 aromatic heterocycles. The highest BCUT2D eigenvalue weighted by molar-refractivity contribution is 5.56. The molecule has 1 aliphatic rings. The Labute approximate surface area is 188 Å². The molecule has 0 N–H and O–H groups in total. The Morgan fingerprint density at radius 2 is 1.29 bits per heavy atom. The Bertz CT molecular complexity index is 711. The minimum Gasteiger partial charge on any atom is -0.494 e. The number of unbranched alkanes of at least 4 members (excludes halogenated alkanes) is 8. The third-order valence-electron chi connectivity index (χ3n) is 5.98. The van der Waals surface area contributed by atoms with Crippen LogP contribution in [0.25, 0.3) is 11.4 Å². The van der Waals surface area contributed by atoms with Crippen LogP contribution in [0.15, 0.2) is 36.7 Å². The SMILES string of the molecule is CCCCCCCCOc1ccc(-c2ncc(OCCCCCCC3CC3)cn2)cc1. The lowest BCUT2D eigenvalue weighted by Crippen LogP contribution is -1.99. The molecule has 0 aliphatic heterocycles. The first-order chi connectivity index (χ1) is 15.3. The molecule has 1 saturated carbocycles. The molecule has 4 nitrogen and oxygen atoms in total. The molecule has 0 saturated heterocycles. The van der Waals surface area contributed by atoms with Crippen molar-refractivity contribution >= 4 is 0 Å². The highest BCUT2D eigenvalue weighted by Gasteiger charge is 2.19. The summed E-state index contributed by atoms with van der Waals surface area (Å²) >= 11 is 0. The Balaban J connectivity index is 1.29. The summed E-state index contributed by atoms with van der Waals surface area (Å²) in [6, 6.07) is 8.05. The van der Waals surface area contributed by atoms with Crippen LogP contribution in [0.3, 0.4) is 0 Å². The molecule has 0 unspecified atom stereocenters. The molecule has 3 rings (SSSR count). The van der Waals surface area contributed by atoms with E-state index >= 15 is 0 Å². The minimum atomic E-state index is 0.718. The molecule has 0 amide bonds. The van der Waals surface area contributed by atoms with Crippen LogP contribution in [-0.4, -0.2) is 23.2 Å². The minimum absolute atomic E-state index is 0.718. The van der Waals surface area contributed by atoms with Crippen molar-refractivity contribution < 1.29 is 9.47 Å². The molecule has 1 aromatic carbocycles. The van der Waals surface area contributed by atoms with Gasteiger partial charge in [0, 0.05) is 5.56 Å². The van der Waals surface area contributed by atoms with E-state index in [0.717, 1.165) is 54.9 Å². The maximum Gasteiger partial charge on any atom is 0.159 e. The van der Waals surface area contributed by atoms with E-state index in [9.17, 15) is 0 Å². The Hall–Kier alpha value is -2.10. The van der Waals surface area contributed by atoms with E-state index in [2.05, 4.69) is 16.9 Å². The molecule has 0 bridgehead atoms. The summed E-state index contributed by atoms with van der Waals surface area (Å²) in [5.74, 6) is 3.44. The second kappa shape index (κ2) is 14.1. The fraction of sp³-hybridized carbons (Fsp3) is 0.630. The Kier molecular flexibility index (Phi) is 10.7. The summed E-state index contributed by atoms with van der Waals surface area (Å²) in [7, 11) is 0. The summed E-state index contributed by atoms with van der Waals surface area (Å²) in [5, 5.41) is 0. The van der Waals surface area contributed by atoms with Gasteiger partial charge in [-0.15, -0.1) is 0 Å². The van der Waals surface area contributed by atoms with E-state index in [4.69, 9.17) is 9.47 Å². The fourth-order valence-electron chi connectivity index (χ4n) is 3.80. The van der Waals surface area contributed by atoms with Gasteiger partial charge in [-0.3, -0.25) is 0 Å². The zero-order valence-electron chi connectivity index (χ0n) is 19.4. The lowest BCUT2D eigenvalue weighted by molar-refractivity contribution is 0.302. The third-order valence-corrected chi connectivity index (χ3v) is 5.98. The van der Waals surface area contributed by atoms with E-state index in [1.54, 1.807) is 12.4 Å². The average molecular weight is 425 g/mol. The number of hydrogen-bond donors (Lipinski definition) is 0. The fourth-order valence-corrected chi connectivity index (χ4v) is 3.80. The van der Waals surface area contributed by atoms with Crippen LogP contribution in [0.1, 0.15) is 90.4 Å². The number of rotatable bonds is 17. The molecule has 2 aromatic rings. The van der Waals surface area contributed by atoms with E-state index in [1.807, 2.05) is 24.3 Å². The smallest absolute Gasteiger partial charge is 0.159 e. The lowest BCUT2D eigenvalue weighted by Gasteiger charge is -2.08. The Morgan fingerprint density at radius 3 is 1.94 bits per heavy atom. The number of hydrogen-bond acceptors (Lipinski definition) is 4. The van der Waals surface area contributed by atoms with Crippen molar-refractivity contribution in [3.8, 4) is 22.9 Å². The quantitative estimate of drug-likeness (QED) is 0.245. The summed E-state index contributed by atoms with van der Waals surface area (Å²) in [5.41, 5.74) is 0.995. The first-order valence-electron chi connectivity index (χ1n) is 12.5. The molecule has 0 radical (unpaired) electrons. The maximum atomic E-state index is 5.86. The summed E-state index contributed by atoms with van der Waals surface area (Å²) in [6.45, 7) is 3.78. The van der Waals surface area contributed by atoms with E-state index in [0.29, 0.717) is 0 Å². The lowest BCUT2D eigenvalue weighted by atomic mass is 10.1. The predicted octanol–water partition coefficient (Wildman–Crippen LogP) is 7.62. The number of nitrogens with zero attached hydrogens (tertiary/aromatic N) is 2. The van der Waals surface area contributed by atoms with Crippen LogP contribution >= 0.6 is 0 Å². The molecular weight excluding hydrogens is 384 g/mol. The zero-order chi connectivity index (χ0) is 21.6. The molecule has 1 aliphatic carbocycles. The van der Waals surface area contributed by atoms with Gasteiger partial charge in [0.1, 0.15) is 5.75 Å². The monoisotopic (exact) mass is 424 g/mol. The van der Waals surface area contributed by atoms with Gasteiger partial charge in [-0.25, -0.2) is 9.97 Å². The van der Waals surface area contributed by atoms with Gasteiger partial charge in [-0.2, -0.15) is 0 Å². The number of benzene rings is 1. The van der Waals surface area contributed by atoms with Crippen molar-refractivity contribution in [2.45, 2.75) is 90.4 Å². The van der Waals surface area contributed by atoms with Crippen LogP contribution in [-0.2, 0) is 0 Å². The van der Waals surface area contributed by atoms with Gasteiger partial charge >= 0.3 is 0 Å². The first-order valence-corrected chi connectivity index (χ1v) is 12.5. The third kappa shape index (κ3) is 9.71. The van der Waals surface area contributed by atoms with Crippen molar-refractivity contribution in [2.75, 3.05) is 13.2 Å². The molecule has 31 heavy (non-hydrogen) atoms. The van der Waals surface area contributed by atoms with Crippen molar-refractivity contribution in [3.05, 3.63) is 36.7 Å². The van der Waals surface area contributed by atoms with Gasteiger partial charge < -0.3 is 9.47 Å². The molecule has 0 spiro atoms. The molecule has 1 fully saturated rings. The van der Waals surface area contributed by atoms with Crippen molar-refractivity contribution in [1.82, 2.24) is 9.97 Å². The van der Waals surface area contributed by atoms with Crippen molar-refractivity contribution in [1.29, 1.82) is 0 Å². The van der Waals surface area contributed by atoms with Crippen LogP contribution in [0.2, 0.25) is 0 Å². The van der Waals surface area contributed by atoms with Crippen LogP contribution in [0.5, 0.6) is 11.5 Å². The van der Waals surface area contributed by atoms with Crippen molar-refractivity contribution in [2.24, 2.45) is 5.92 Å². The van der Waals surface area contributed by atoms with Crippen LogP contribution in [0, 0.1) is 5.92 Å². The number of ether oxygens (including phenoxy) is 2. The molecule has 170 valence electrons. The van der Waals surface area contributed by atoms with Crippen LogP contribution < -0.4 is 9.47 Å². The highest BCUT2D eigenvalue weighted by Crippen LogP contribution is 2.34. The van der Waals surface area contributed by atoms with Gasteiger partial charge in [-0.1, -0.05) is 77.6 Å². The van der Waals surface area contributed by atoms with Gasteiger partial charge in [0.15, 0.2) is 11.6 Å². The van der Waals surface area contributed by atoms with Gasteiger partial charge in [0.05, 0.1) is 25.6 Å². The molecule has 0 atom stereocenters. The highest BCUT2D eigenvalue weighted by atomic mass is 16.5. The van der Waals surface area contributed by atoms with Gasteiger partial charge in [0.25, 0.3) is 0 Å². The second-order valence-corrected chi connectivity index (χ2v) is 8.88. The molecule has 4 heteroatoms. The van der Waals surface area contributed by atoms with E-state index in [1.165, 1.54) is 70.6 Å². The summed E-state index contributed by atoms with van der Waals surface area (Å²) in [4.78, 5) is 8.93. The largest absolute Gasteiger partial charge is 0.494 e. The topological polar surface area (TPSA) is 44.2 Å². The number of aromatic nitrogens is 2. The predicted molar refractivity (Wildman–Crippen MR) is 128 cm³/mol. The maximum absolute atomic E-state index is 5.86. The average Bonchev–Trinajstić information content (AvgIpc) is 3.63. The zero-order valence-corrected chi connectivity index (χ0v) is 19.4. The summed E-state index contributed by atoms with van der Waals surface area (Å²) in [6.07, 6.45) is 20.7. The second-order valence-electron chi connectivity index (χ2n) is 8.88. The standard InChI is InChI=1S/C27H40N2O2/c1-2-3-4-5-7-10-19-30-25-17-15-24(16-18-25)27-28-21-26(22-29-27)31-20-11-8-6-9-12-23-13-14-23/h15-18,21-23H,2-14,19-20H2,1H3.